The van der Waals surface area contributed by atoms with Crippen molar-refractivity contribution in [2.45, 2.75) is 51.7 Å². The molecular formula is C21H32F3N3O. The Hall–Kier alpha value is -1.60. The quantitative estimate of drug-likeness (QED) is 0.645. The van der Waals surface area contributed by atoms with Crippen LogP contribution in [0.1, 0.15) is 44.2 Å². The molecule has 1 aliphatic rings. The lowest BCUT2D eigenvalue weighted by atomic mass is 10.0. The Morgan fingerprint density at radius 1 is 1.21 bits per heavy atom. The van der Waals surface area contributed by atoms with E-state index in [1.165, 1.54) is 0 Å². The molecule has 0 radical (unpaired) electrons. The summed E-state index contributed by atoms with van der Waals surface area (Å²) < 4.78 is 38.0. The number of nitrogens with zero attached hydrogens (tertiary/aromatic N) is 2. The van der Waals surface area contributed by atoms with Gasteiger partial charge >= 0.3 is 6.18 Å². The number of carbonyl (C=O) groups excluding carboxylic acids is 1. The van der Waals surface area contributed by atoms with Gasteiger partial charge in [0.15, 0.2) is 0 Å². The molecule has 2 rings (SSSR count). The van der Waals surface area contributed by atoms with Crippen LogP contribution in [0.4, 0.5) is 13.2 Å². The third-order valence-electron chi connectivity index (χ3n) is 5.38. The number of halogens is 3. The van der Waals surface area contributed by atoms with E-state index in [1.54, 1.807) is 12.1 Å². The zero-order valence-corrected chi connectivity index (χ0v) is 16.9. The van der Waals surface area contributed by atoms with Crippen LogP contribution in [0.2, 0.25) is 0 Å². The van der Waals surface area contributed by atoms with E-state index in [4.69, 9.17) is 0 Å². The highest BCUT2D eigenvalue weighted by atomic mass is 19.4. The highest BCUT2D eigenvalue weighted by Gasteiger charge is 2.30. The van der Waals surface area contributed by atoms with Crippen molar-refractivity contribution in [1.29, 1.82) is 0 Å². The summed E-state index contributed by atoms with van der Waals surface area (Å²) in [5.74, 6) is 0.181. The lowest BCUT2D eigenvalue weighted by Crippen LogP contribution is -2.37. The lowest BCUT2D eigenvalue weighted by Gasteiger charge is -2.28. The smallest absolute Gasteiger partial charge is 0.342 e. The molecule has 1 saturated heterocycles. The maximum absolute atomic E-state index is 12.7. The zero-order valence-electron chi connectivity index (χ0n) is 16.9. The highest BCUT2D eigenvalue weighted by molar-refractivity contribution is 5.78. The van der Waals surface area contributed by atoms with E-state index in [2.05, 4.69) is 24.1 Å². The second kappa shape index (κ2) is 10.8. The standard InChI is InChI=1S/C21H32F3N3O/c1-3-26(12-4-5-13-27-14-6-11-25-16-20(27)28)17(2)15-18-7-9-19(10-8-18)21(22,23)24/h7-10,17,25H,3-6,11-16H2,1-2H3/t17-/m0/s1. The molecule has 0 aliphatic carbocycles. The molecule has 1 heterocycles. The molecule has 1 aromatic carbocycles. The molecule has 7 heteroatoms. The molecule has 0 saturated carbocycles. The number of hydrogen-bond acceptors (Lipinski definition) is 3. The summed E-state index contributed by atoms with van der Waals surface area (Å²) in [6, 6.07) is 5.72. The van der Waals surface area contributed by atoms with Crippen LogP contribution in [0, 0.1) is 0 Å². The van der Waals surface area contributed by atoms with Crippen molar-refractivity contribution in [2.75, 3.05) is 39.3 Å². The van der Waals surface area contributed by atoms with Gasteiger partial charge in [-0.3, -0.25) is 4.79 Å². The molecule has 1 aromatic rings. The van der Waals surface area contributed by atoms with Gasteiger partial charge in [0.05, 0.1) is 12.1 Å². The third-order valence-corrected chi connectivity index (χ3v) is 5.38. The van der Waals surface area contributed by atoms with E-state index >= 15 is 0 Å². The van der Waals surface area contributed by atoms with Gasteiger partial charge in [-0.15, -0.1) is 0 Å². The topological polar surface area (TPSA) is 35.6 Å². The molecule has 28 heavy (non-hydrogen) atoms. The number of nitrogens with one attached hydrogen (secondary N) is 1. The summed E-state index contributed by atoms with van der Waals surface area (Å²) in [7, 11) is 0. The predicted octanol–water partition coefficient (Wildman–Crippen LogP) is 3.56. The Balaban J connectivity index is 1.76. The molecule has 4 nitrogen and oxygen atoms in total. The maximum atomic E-state index is 12.7. The number of rotatable bonds is 9. The Kier molecular flexibility index (Phi) is 8.76. The van der Waals surface area contributed by atoms with Crippen molar-refractivity contribution >= 4 is 5.91 Å². The molecule has 0 unspecified atom stereocenters. The van der Waals surface area contributed by atoms with E-state index < -0.39 is 11.7 Å². The van der Waals surface area contributed by atoms with Gasteiger partial charge in [-0.25, -0.2) is 0 Å². The molecule has 0 spiro atoms. The number of amides is 1. The number of hydrogen-bond donors (Lipinski definition) is 1. The van der Waals surface area contributed by atoms with Crippen molar-refractivity contribution in [2.24, 2.45) is 0 Å². The van der Waals surface area contributed by atoms with Gasteiger partial charge in [-0.1, -0.05) is 19.1 Å². The van der Waals surface area contributed by atoms with Crippen LogP contribution < -0.4 is 5.32 Å². The van der Waals surface area contributed by atoms with E-state index in [0.29, 0.717) is 6.54 Å². The van der Waals surface area contributed by atoms with E-state index in [9.17, 15) is 18.0 Å². The zero-order chi connectivity index (χ0) is 20.6. The fourth-order valence-corrected chi connectivity index (χ4v) is 3.67. The molecule has 0 bridgehead atoms. The average molecular weight is 400 g/mol. The van der Waals surface area contributed by atoms with Gasteiger partial charge in [0, 0.05) is 19.1 Å². The van der Waals surface area contributed by atoms with Crippen LogP contribution in [0.25, 0.3) is 0 Å². The minimum absolute atomic E-state index is 0.181. The van der Waals surface area contributed by atoms with Crippen LogP contribution in [-0.4, -0.2) is 61.0 Å². The predicted molar refractivity (Wildman–Crippen MR) is 105 cm³/mol. The number of benzene rings is 1. The molecule has 0 aromatic heterocycles. The van der Waals surface area contributed by atoms with Crippen LogP contribution in [0.15, 0.2) is 24.3 Å². The van der Waals surface area contributed by atoms with Crippen LogP contribution in [0.3, 0.4) is 0 Å². The van der Waals surface area contributed by atoms with Gasteiger partial charge in [-0.2, -0.15) is 13.2 Å². The average Bonchev–Trinajstić information content (AvgIpc) is 2.85. The third kappa shape index (κ3) is 7.09. The van der Waals surface area contributed by atoms with Crippen molar-refractivity contribution < 1.29 is 18.0 Å². The normalized spacial score (nSPS) is 17.1. The molecular weight excluding hydrogens is 367 g/mol. The van der Waals surface area contributed by atoms with Crippen LogP contribution in [-0.2, 0) is 17.4 Å². The second-order valence-electron chi connectivity index (χ2n) is 7.49. The molecule has 1 amide bonds. The van der Waals surface area contributed by atoms with Gasteiger partial charge in [0.1, 0.15) is 0 Å². The first-order chi connectivity index (χ1) is 13.3. The summed E-state index contributed by atoms with van der Waals surface area (Å²) >= 11 is 0. The molecule has 1 atom stereocenters. The molecule has 1 N–H and O–H groups in total. The summed E-state index contributed by atoms with van der Waals surface area (Å²) in [4.78, 5) is 16.3. The largest absolute Gasteiger partial charge is 0.416 e. The second-order valence-corrected chi connectivity index (χ2v) is 7.49. The van der Waals surface area contributed by atoms with E-state index in [-0.39, 0.29) is 11.9 Å². The highest BCUT2D eigenvalue weighted by Crippen LogP contribution is 2.29. The van der Waals surface area contributed by atoms with E-state index in [1.807, 2.05) is 4.90 Å². The Bertz CT molecular complexity index is 604. The van der Waals surface area contributed by atoms with Crippen molar-refractivity contribution in [3.05, 3.63) is 35.4 Å². The number of unbranched alkanes of at least 4 members (excludes halogenated alkanes) is 1. The van der Waals surface area contributed by atoms with Crippen LogP contribution >= 0.6 is 0 Å². The SMILES string of the molecule is CCN(CCCCN1CCCNCC1=O)[C@@H](C)Cc1ccc(C(F)(F)F)cc1. The van der Waals surface area contributed by atoms with Crippen molar-refractivity contribution in [1.82, 2.24) is 15.1 Å². The first-order valence-corrected chi connectivity index (χ1v) is 10.2. The van der Waals surface area contributed by atoms with Crippen LogP contribution in [0.5, 0.6) is 0 Å². The fourth-order valence-electron chi connectivity index (χ4n) is 3.67. The minimum atomic E-state index is -4.29. The lowest BCUT2D eigenvalue weighted by molar-refractivity contribution is -0.137. The first-order valence-electron chi connectivity index (χ1n) is 10.2. The monoisotopic (exact) mass is 399 g/mol. The summed E-state index contributed by atoms with van der Waals surface area (Å²) in [6.07, 6.45) is -0.596. The van der Waals surface area contributed by atoms with Crippen molar-refractivity contribution in [3.8, 4) is 0 Å². The molecule has 1 aliphatic heterocycles. The Labute approximate surface area is 166 Å². The number of likely N-dealkylation sites (N-methyl/N-ethyl adjacent to an activating group) is 1. The van der Waals surface area contributed by atoms with E-state index in [0.717, 1.165) is 76.1 Å². The summed E-state index contributed by atoms with van der Waals surface area (Å²) in [5.41, 5.74) is 0.316. The van der Waals surface area contributed by atoms with Gasteiger partial charge in [-0.05, 0) is 69.9 Å². The van der Waals surface area contributed by atoms with Gasteiger partial charge in [0.2, 0.25) is 5.91 Å². The number of alkyl halides is 3. The Morgan fingerprint density at radius 3 is 2.57 bits per heavy atom. The van der Waals surface area contributed by atoms with Gasteiger partial charge < -0.3 is 15.1 Å². The minimum Gasteiger partial charge on any atom is -0.342 e. The number of carbonyl (C=O) groups is 1. The summed E-state index contributed by atoms with van der Waals surface area (Å²) in [6.45, 7) is 9.00. The summed E-state index contributed by atoms with van der Waals surface area (Å²) in [5, 5.41) is 3.13. The maximum Gasteiger partial charge on any atom is 0.416 e. The first kappa shape index (κ1) is 22.7. The molecule has 158 valence electrons. The fraction of sp³-hybridized carbons (Fsp3) is 0.667. The van der Waals surface area contributed by atoms with Crippen molar-refractivity contribution in [3.63, 3.8) is 0 Å². The van der Waals surface area contributed by atoms with Gasteiger partial charge in [0.25, 0.3) is 0 Å². The Morgan fingerprint density at radius 2 is 1.93 bits per heavy atom. The molecule has 1 fully saturated rings.